The van der Waals surface area contributed by atoms with E-state index in [1.807, 2.05) is 6.20 Å². The number of fused-ring (bicyclic) bond motifs is 1. The van der Waals surface area contributed by atoms with Crippen LogP contribution in [0, 0.1) is 0 Å². The van der Waals surface area contributed by atoms with Crippen LogP contribution in [0.2, 0.25) is 0 Å². The first-order chi connectivity index (χ1) is 11.7. The summed E-state index contributed by atoms with van der Waals surface area (Å²) in [6, 6.07) is 0. The third kappa shape index (κ3) is 3.14. The Morgan fingerprint density at radius 1 is 1.33 bits per heavy atom. The highest BCUT2D eigenvalue weighted by atomic mass is 32.1. The average molecular weight is 348 g/mol. The summed E-state index contributed by atoms with van der Waals surface area (Å²) in [4.78, 5) is 29.2. The van der Waals surface area contributed by atoms with Crippen LogP contribution in [-0.4, -0.2) is 52.7 Å². The second-order valence-electron chi connectivity index (χ2n) is 6.05. The second kappa shape index (κ2) is 6.50. The monoisotopic (exact) mass is 348 g/mol. The van der Waals surface area contributed by atoms with Gasteiger partial charge in [0, 0.05) is 50.2 Å². The van der Waals surface area contributed by atoms with Gasteiger partial charge >= 0.3 is 0 Å². The van der Waals surface area contributed by atoms with Crippen molar-refractivity contribution in [3.63, 3.8) is 0 Å². The summed E-state index contributed by atoms with van der Waals surface area (Å²) in [6.07, 6.45) is 2.69. The van der Waals surface area contributed by atoms with E-state index in [1.165, 1.54) is 4.88 Å². The zero-order valence-corrected chi connectivity index (χ0v) is 14.1. The molecule has 0 spiro atoms. The topological polar surface area (TPSA) is 100 Å². The Hall–Kier alpha value is -1.97. The largest absolute Gasteiger partial charge is 0.378 e. The first kappa shape index (κ1) is 15.6. The van der Waals surface area contributed by atoms with Crippen LogP contribution in [0.15, 0.2) is 11.0 Å². The average Bonchev–Trinajstić information content (AvgIpc) is 3.05. The summed E-state index contributed by atoms with van der Waals surface area (Å²) in [7, 11) is 0. The van der Waals surface area contributed by atoms with Crippen molar-refractivity contribution in [2.45, 2.75) is 19.5 Å². The van der Waals surface area contributed by atoms with Crippen molar-refractivity contribution in [1.82, 2.24) is 19.9 Å². The van der Waals surface area contributed by atoms with Crippen molar-refractivity contribution in [3.05, 3.63) is 32.7 Å². The van der Waals surface area contributed by atoms with Gasteiger partial charge in [0.2, 0.25) is 5.95 Å². The van der Waals surface area contributed by atoms with Gasteiger partial charge in [-0.15, -0.1) is 11.3 Å². The van der Waals surface area contributed by atoms with Crippen LogP contribution < -0.4 is 16.2 Å². The van der Waals surface area contributed by atoms with E-state index in [0.29, 0.717) is 6.54 Å². The lowest BCUT2D eigenvalue weighted by atomic mass is 10.1. The van der Waals surface area contributed by atoms with Crippen LogP contribution in [0.25, 0.3) is 0 Å². The predicted octanol–water partition coefficient (Wildman–Crippen LogP) is 0.203. The summed E-state index contributed by atoms with van der Waals surface area (Å²) in [5, 5.41) is 1.05. The zero-order valence-electron chi connectivity index (χ0n) is 13.3. The predicted molar refractivity (Wildman–Crippen MR) is 92.2 cm³/mol. The van der Waals surface area contributed by atoms with Gasteiger partial charge in [0.1, 0.15) is 0 Å². The number of aromatic nitrogens is 3. The van der Waals surface area contributed by atoms with Crippen LogP contribution in [-0.2, 0) is 24.2 Å². The van der Waals surface area contributed by atoms with Gasteiger partial charge in [0.25, 0.3) is 5.56 Å². The maximum absolute atomic E-state index is 12.1. The molecule has 4 heterocycles. The maximum Gasteiger partial charge on any atom is 0.257 e. The van der Waals surface area contributed by atoms with E-state index in [-0.39, 0.29) is 11.5 Å². The van der Waals surface area contributed by atoms with Gasteiger partial charge in [-0.25, -0.2) is 9.97 Å². The normalized spacial score (nSPS) is 18.6. The Kier molecular flexibility index (Phi) is 4.21. The fraction of sp³-hybridized carbons (Fsp3) is 0.533. The maximum atomic E-state index is 12.1. The van der Waals surface area contributed by atoms with E-state index in [1.54, 1.807) is 11.3 Å². The molecule has 8 nitrogen and oxygen atoms in total. The number of thiazole rings is 1. The molecular weight excluding hydrogens is 328 g/mol. The Bertz CT molecular complexity index is 783. The Morgan fingerprint density at radius 2 is 2.17 bits per heavy atom. The van der Waals surface area contributed by atoms with Crippen LogP contribution in [0.3, 0.4) is 0 Å². The molecule has 0 atom stereocenters. The number of nitrogen functional groups attached to an aromatic ring is 1. The lowest BCUT2D eigenvalue weighted by Gasteiger charge is -2.27. The van der Waals surface area contributed by atoms with Gasteiger partial charge in [0.15, 0.2) is 5.13 Å². The number of hydrogen-bond acceptors (Lipinski definition) is 8. The fourth-order valence-corrected chi connectivity index (χ4v) is 4.13. The third-order valence-corrected chi connectivity index (χ3v) is 5.41. The molecule has 128 valence electrons. The van der Waals surface area contributed by atoms with Crippen molar-refractivity contribution in [2.24, 2.45) is 0 Å². The molecule has 0 radical (unpaired) electrons. The van der Waals surface area contributed by atoms with Gasteiger partial charge in [-0.05, 0) is 0 Å². The minimum absolute atomic E-state index is 0.125. The van der Waals surface area contributed by atoms with Crippen molar-refractivity contribution in [2.75, 3.05) is 43.5 Å². The molecule has 0 amide bonds. The molecule has 4 rings (SSSR count). The highest BCUT2D eigenvalue weighted by Crippen LogP contribution is 2.25. The zero-order chi connectivity index (χ0) is 16.5. The second-order valence-corrected chi connectivity index (χ2v) is 7.14. The molecule has 2 aromatic heterocycles. The number of aromatic amines is 1. The number of nitrogens with two attached hydrogens (primary N) is 1. The molecule has 0 saturated carbocycles. The fourth-order valence-electron chi connectivity index (χ4n) is 3.13. The van der Waals surface area contributed by atoms with Crippen molar-refractivity contribution in [3.8, 4) is 0 Å². The molecule has 0 unspecified atom stereocenters. The third-order valence-electron chi connectivity index (χ3n) is 4.37. The van der Waals surface area contributed by atoms with Gasteiger partial charge in [-0.2, -0.15) is 0 Å². The van der Waals surface area contributed by atoms with Crippen molar-refractivity contribution >= 4 is 22.4 Å². The summed E-state index contributed by atoms with van der Waals surface area (Å²) in [6.45, 7) is 5.58. The number of morpholine rings is 1. The molecule has 2 aliphatic rings. The summed E-state index contributed by atoms with van der Waals surface area (Å²) < 4.78 is 5.38. The molecule has 0 aromatic carbocycles. The molecule has 0 bridgehead atoms. The van der Waals surface area contributed by atoms with Crippen LogP contribution in [0.4, 0.5) is 11.1 Å². The number of nitrogens with one attached hydrogen (secondary N) is 1. The highest BCUT2D eigenvalue weighted by molar-refractivity contribution is 7.15. The number of H-pyrrole nitrogens is 1. The number of rotatable bonds is 3. The van der Waals surface area contributed by atoms with E-state index in [0.717, 1.165) is 62.2 Å². The van der Waals surface area contributed by atoms with Gasteiger partial charge in [-0.3, -0.25) is 14.7 Å². The summed E-state index contributed by atoms with van der Waals surface area (Å²) >= 11 is 1.72. The van der Waals surface area contributed by atoms with Crippen LogP contribution in [0.5, 0.6) is 0 Å². The quantitative estimate of drug-likeness (QED) is 0.817. The number of hydrogen-bond donors (Lipinski definition) is 2. The minimum Gasteiger partial charge on any atom is -0.378 e. The molecule has 9 heteroatoms. The Balaban J connectivity index is 1.45. The number of ether oxygens (including phenoxy) is 1. The molecular formula is C15H20N6O2S. The summed E-state index contributed by atoms with van der Waals surface area (Å²) in [5.41, 5.74) is 7.04. The van der Waals surface area contributed by atoms with Crippen LogP contribution >= 0.6 is 11.3 Å². The van der Waals surface area contributed by atoms with Crippen molar-refractivity contribution in [1.29, 1.82) is 0 Å². The Labute approximate surface area is 143 Å². The first-order valence-corrected chi connectivity index (χ1v) is 8.88. The highest BCUT2D eigenvalue weighted by Gasteiger charge is 2.22. The van der Waals surface area contributed by atoms with Gasteiger partial charge in [-0.1, -0.05) is 0 Å². The molecule has 3 N–H and O–H groups in total. The van der Waals surface area contributed by atoms with Gasteiger partial charge in [0.05, 0.1) is 24.5 Å². The summed E-state index contributed by atoms with van der Waals surface area (Å²) in [5.74, 6) is 0.199. The van der Waals surface area contributed by atoms with E-state index >= 15 is 0 Å². The SMILES string of the molecule is Nc1nc2c(c(=O)[nH]1)CN(Cc1cnc(N3CCOCC3)s1)CC2. The van der Waals surface area contributed by atoms with E-state index in [9.17, 15) is 4.79 Å². The Morgan fingerprint density at radius 3 is 3.00 bits per heavy atom. The molecule has 1 saturated heterocycles. The van der Waals surface area contributed by atoms with E-state index in [2.05, 4.69) is 24.8 Å². The molecule has 2 aromatic rings. The standard InChI is InChI=1S/C15H20N6O2S/c16-14-18-12-1-2-20(9-11(12)13(22)19-14)8-10-7-17-15(24-10)21-3-5-23-6-4-21/h7H,1-6,8-9H2,(H3,16,18,19,22). The van der Waals surface area contributed by atoms with Gasteiger partial charge < -0.3 is 15.4 Å². The van der Waals surface area contributed by atoms with E-state index in [4.69, 9.17) is 10.5 Å². The molecule has 2 aliphatic heterocycles. The molecule has 24 heavy (non-hydrogen) atoms. The molecule has 0 aliphatic carbocycles. The first-order valence-electron chi connectivity index (χ1n) is 8.06. The van der Waals surface area contributed by atoms with Crippen molar-refractivity contribution < 1.29 is 4.74 Å². The molecule has 1 fully saturated rings. The number of anilines is 2. The smallest absolute Gasteiger partial charge is 0.257 e. The van der Waals surface area contributed by atoms with Crippen LogP contribution in [0.1, 0.15) is 16.1 Å². The van der Waals surface area contributed by atoms with E-state index < -0.39 is 0 Å². The number of nitrogens with zero attached hydrogens (tertiary/aromatic N) is 4. The minimum atomic E-state index is -0.125. The lowest BCUT2D eigenvalue weighted by Crippen LogP contribution is -2.36. The lowest BCUT2D eigenvalue weighted by molar-refractivity contribution is 0.122.